The van der Waals surface area contributed by atoms with E-state index in [1.807, 2.05) is 0 Å². The van der Waals surface area contributed by atoms with Gasteiger partial charge in [0.2, 0.25) is 5.91 Å². The highest BCUT2D eigenvalue weighted by Gasteiger charge is 2.58. The van der Waals surface area contributed by atoms with Gasteiger partial charge in [0, 0.05) is 11.5 Å². The highest BCUT2D eigenvalue weighted by atomic mass is 16.2. The lowest BCUT2D eigenvalue weighted by Gasteiger charge is -2.59. The summed E-state index contributed by atoms with van der Waals surface area (Å²) in [6.07, 6.45) is 1.05. The SMILES string of the molecule is CC(C)CC1NC(=O)C(C)(C)C(C)(C)C1(C)C. The van der Waals surface area contributed by atoms with Gasteiger partial charge >= 0.3 is 0 Å². The van der Waals surface area contributed by atoms with Gasteiger partial charge in [-0.2, -0.15) is 0 Å². The van der Waals surface area contributed by atoms with Crippen LogP contribution in [0.25, 0.3) is 0 Å². The molecule has 0 aromatic rings. The van der Waals surface area contributed by atoms with Gasteiger partial charge < -0.3 is 5.32 Å². The van der Waals surface area contributed by atoms with Gasteiger partial charge in [0.1, 0.15) is 0 Å². The molecule has 1 fully saturated rings. The Morgan fingerprint density at radius 3 is 2.00 bits per heavy atom. The number of carbonyl (C=O) groups excluding carboxylic acids is 1. The van der Waals surface area contributed by atoms with E-state index in [0.29, 0.717) is 5.92 Å². The Bertz CT molecular complexity index is 313. The number of hydrogen-bond donors (Lipinski definition) is 1. The van der Waals surface area contributed by atoms with Crippen LogP contribution >= 0.6 is 0 Å². The molecule has 1 unspecified atom stereocenters. The molecule has 0 bridgehead atoms. The summed E-state index contributed by atoms with van der Waals surface area (Å²) < 4.78 is 0. The van der Waals surface area contributed by atoms with E-state index in [1.54, 1.807) is 0 Å². The number of amides is 1. The van der Waals surface area contributed by atoms with Gasteiger partial charge in [-0.25, -0.2) is 0 Å². The molecule has 1 saturated heterocycles. The molecule has 0 spiro atoms. The van der Waals surface area contributed by atoms with E-state index in [2.05, 4.69) is 60.7 Å². The number of carbonyl (C=O) groups is 1. The normalized spacial score (nSPS) is 30.2. The molecule has 2 heteroatoms. The van der Waals surface area contributed by atoms with Crippen LogP contribution in [0.2, 0.25) is 0 Å². The molecule has 100 valence electrons. The maximum absolute atomic E-state index is 12.3. The van der Waals surface area contributed by atoms with Crippen LogP contribution in [0.15, 0.2) is 0 Å². The Labute approximate surface area is 107 Å². The summed E-state index contributed by atoms with van der Waals surface area (Å²) in [5, 5.41) is 3.24. The van der Waals surface area contributed by atoms with E-state index in [1.165, 1.54) is 0 Å². The van der Waals surface area contributed by atoms with Crippen LogP contribution in [0.3, 0.4) is 0 Å². The maximum atomic E-state index is 12.3. The maximum Gasteiger partial charge on any atom is 0.226 e. The Kier molecular flexibility index (Phi) is 3.42. The third-order valence-corrected chi connectivity index (χ3v) is 5.62. The Morgan fingerprint density at radius 2 is 1.59 bits per heavy atom. The summed E-state index contributed by atoms with van der Waals surface area (Å²) >= 11 is 0. The number of rotatable bonds is 2. The van der Waals surface area contributed by atoms with Crippen LogP contribution in [0.5, 0.6) is 0 Å². The predicted octanol–water partition coefficient (Wildman–Crippen LogP) is 3.61. The molecular weight excluding hydrogens is 210 g/mol. The molecule has 0 aliphatic carbocycles. The molecule has 0 aromatic carbocycles. The van der Waals surface area contributed by atoms with Crippen LogP contribution in [0, 0.1) is 22.2 Å². The van der Waals surface area contributed by atoms with Crippen molar-refractivity contribution in [1.82, 2.24) is 5.32 Å². The molecular formula is C15H29NO. The van der Waals surface area contributed by atoms with Gasteiger partial charge in [0.05, 0.1) is 0 Å². The average Bonchev–Trinajstić information content (AvgIpc) is 2.13. The molecule has 1 atom stereocenters. The minimum absolute atomic E-state index is 0.0120. The Hall–Kier alpha value is -0.530. The average molecular weight is 239 g/mol. The first kappa shape index (κ1) is 14.5. The summed E-state index contributed by atoms with van der Waals surface area (Å²) in [5.41, 5.74) is -0.222. The largest absolute Gasteiger partial charge is 0.352 e. The summed E-state index contributed by atoms with van der Waals surface area (Å²) in [6, 6.07) is 0.276. The Balaban J connectivity index is 3.14. The highest BCUT2D eigenvalue weighted by molar-refractivity contribution is 5.84. The lowest BCUT2D eigenvalue weighted by atomic mass is 9.49. The molecule has 1 amide bonds. The molecule has 0 radical (unpaired) electrons. The van der Waals surface area contributed by atoms with Gasteiger partial charge in [0.15, 0.2) is 0 Å². The van der Waals surface area contributed by atoms with Crippen molar-refractivity contribution in [3.8, 4) is 0 Å². The van der Waals surface area contributed by atoms with Gasteiger partial charge in [-0.15, -0.1) is 0 Å². The molecule has 1 rings (SSSR count). The first-order valence-electron chi connectivity index (χ1n) is 6.75. The lowest BCUT2D eigenvalue weighted by Crippen LogP contribution is -2.66. The van der Waals surface area contributed by atoms with Gasteiger partial charge in [-0.1, -0.05) is 55.4 Å². The van der Waals surface area contributed by atoms with E-state index in [9.17, 15) is 4.79 Å². The fraction of sp³-hybridized carbons (Fsp3) is 0.933. The van der Waals surface area contributed by atoms with Crippen LogP contribution in [0.4, 0.5) is 0 Å². The zero-order valence-electron chi connectivity index (χ0n) is 12.8. The number of hydrogen-bond acceptors (Lipinski definition) is 1. The van der Waals surface area contributed by atoms with Gasteiger partial charge in [-0.3, -0.25) is 4.79 Å². The third kappa shape index (κ3) is 2.00. The van der Waals surface area contributed by atoms with Crippen molar-refractivity contribution in [1.29, 1.82) is 0 Å². The molecule has 0 aromatic heterocycles. The van der Waals surface area contributed by atoms with E-state index in [0.717, 1.165) is 6.42 Å². The van der Waals surface area contributed by atoms with Crippen molar-refractivity contribution in [2.24, 2.45) is 22.2 Å². The van der Waals surface area contributed by atoms with Crippen LogP contribution < -0.4 is 5.32 Å². The van der Waals surface area contributed by atoms with Crippen LogP contribution in [-0.4, -0.2) is 11.9 Å². The molecule has 1 aliphatic heterocycles. The smallest absolute Gasteiger partial charge is 0.226 e. The van der Waals surface area contributed by atoms with Gasteiger partial charge in [0.25, 0.3) is 0 Å². The van der Waals surface area contributed by atoms with Crippen molar-refractivity contribution < 1.29 is 4.79 Å². The fourth-order valence-electron chi connectivity index (χ4n) is 2.87. The van der Waals surface area contributed by atoms with Crippen molar-refractivity contribution in [2.45, 2.75) is 67.9 Å². The Morgan fingerprint density at radius 1 is 1.12 bits per heavy atom. The predicted molar refractivity (Wildman–Crippen MR) is 72.7 cm³/mol. The zero-order valence-corrected chi connectivity index (χ0v) is 12.8. The fourth-order valence-corrected chi connectivity index (χ4v) is 2.87. The summed E-state index contributed by atoms with van der Waals surface area (Å²) in [4.78, 5) is 12.3. The van der Waals surface area contributed by atoms with Gasteiger partial charge in [-0.05, 0) is 23.2 Å². The summed E-state index contributed by atoms with van der Waals surface area (Å²) in [5.74, 6) is 0.809. The molecule has 1 N–H and O–H groups in total. The van der Waals surface area contributed by atoms with Crippen molar-refractivity contribution in [3.63, 3.8) is 0 Å². The van der Waals surface area contributed by atoms with Crippen LogP contribution in [0.1, 0.15) is 61.8 Å². The second kappa shape index (κ2) is 4.00. The monoisotopic (exact) mass is 239 g/mol. The topological polar surface area (TPSA) is 29.1 Å². The summed E-state index contributed by atoms with van der Waals surface area (Å²) in [6.45, 7) is 17.6. The first-order chi connectivity index (χ1) is 7.44. The molecule has 0 saturated carbocycles. The standard InChI is InChI=1S/C15H29NO/c1-10(2)9-11-13(3,4)15(7,8)14(5,6)12(17)16-11/h10-11H,9H2,1-8H3,(H,16,17). The van der Waals surface area contributed by atoms with E-state index in [4.69, 9.17) is 0 Å². The lowest BCUT2D eigenvalue weighted by molar-refractivity contribution is -0.158. The molecule has 1 aliphatic rings. The van der Waals surface area contributed by atoms with Crippen molar-refractivity contribution in [3.05, 3.63) is 0 Å². The molecule has 2 nitrogen and oxygen atoms in total. The van der Waals surface area contributed by atoms with Crippen LogP contribution in [-0.2, 0) is 4.79 Å². The molecule has 1 heterocycles. The minimum atomic E-state index is -0.315. The van der Waals surface area contributed by atoms with Crippen molar-refractivity contribution in [2.75, 3.05) is 0 Å². The van der Waals surface area contributed by atoms with E-state index in [-0.39, 0.29) is 28.2 Å². The number of piperidine rings is 1. The minimum Gasteiger partial charge on any atom is -0.352 e. The van der Waals surface area contributed by atoms with E-state index >= 15 is 0 Å². The number of nitrogens with one attached hydrogen (secondary N) is 1. The summed E-state index contributed by atoms with van der Waals surface area (Å²) in [7, 11) is 0. The second-order valence-electron chi connectivity index (χ2n) is 7.63. The van der Waals surface area contributed by atoms with Crippen molar-refractivity contribution >= 4 is 5.91 Å². The highest BCUT2D eigenvalue weighted by Crippen LogP contribution is 2.56. The first-order valence-corrected chi connectivity index (χ1v) is 6.75. The zero-order chi connectivity index (χ0) is 13.6. The third-order valence-electron chi connectivity index (χ3n) is 5.62. The quantitative estimate of drug-likeness (QED) is 0.783. The molecule has 17 heavy (non-hydrogen) atoms. The second-order valence-corrected chi connectivity index (χ2v) is 7.63. The van der Waals surface area contributed by atoms with E-state index < -0.39 is 0 Å².